The monoisotopic (exact) mass is 420 g/mol. The number of aromatic nitrogens is 1. The largest absolute Gasteiger partial charge is 0.465 e. The van der Waals surface area contributed by atoms with Crippen LogP contribution in [-0.4, -0.2) is 49.9 Å². The highest BCUT2D eigenvalue weighted by Crippen LogP contribution is 2.23. The number of likely N-dealkylation sites (N-methyl/N-ethyl adjacent to an activating group) is 1. The number of carbonyl (C=O) groups is 2. The van der Waals surface area contributed by atoms with Gasteiger partial charge in [0.1, 0.15) is 0 Å². The number of benzene rings is 2. The Labute approximate surface area is 167 Å². The molecular weight excluding hydrogens is 404 g/mol. The quantitative estimate of drug-likeness (QED) is 0.592. The first-order valence-electron chi connectivity index (χ1n) is 8.19. The van der Waals surface area contributed by atoms with Crippen LogP contribution >= 0.6 is 11.6 Å². The number of hydrogen-bond donors (Lipinski definition) is 0. The number of fused-ring (bicyclic) bond motifs is 1. The van der Waals surface area contributed by atoms with E-state index in [4.69, 9.17) is 16.3 Å². The predicted octanol–water partition coefficient (Wildman–Crippen LogP) is 3.04. The molecule has 0 unspecified atom stereocenters. The molecule has 7 nitrogen and oxygen atoms in total. The summed E-state index contributed by atoms with van der Waals surface area (Å²) in [5.41, 5.74) is 0.722. The standard InChI is InChI=1S/C19H17ClN2O5S/c1-21(28(25,26)14-9-7-13(20)8-10-14)12-18(23)22-11-16(19(24)27-2)15-5-3-4-6-17(15)22/h3-11H,12H2,1-2H3. The first kappa shape index (κ1) is 20.1. The molecule has 2 aromatic carbocycles. The van der Waals surface area contributed by atoms with E-state index < -0.39 is 28.4 Å². The second kappa shape index (κ2) is 7.75. The fourth-order valence-corrected chi connectivity index (χ4v) is 4.04. The third kappa shape index (κ3) is 3.66. The molecule has 3 aromatic rings. The lowest BCUT2D eigenvalue weighted by molar-refractivity contribution is 0.0603. The molecule has 0 aliphatic heterocycles. The van der Waals surface area contributed by atoms with Gasteiger partial charge in [0.2, 0.25) is 15.9 Å². The number of nitrogens with zero attached hydrogens (tertiary/aromatic N) is 2. The molecule has 0 saturated heterocycles. The molecule has 3 rings (SSSR count). The Morgan fingerprint density at radius 1 is 1.11 bits per heavy atom. The van der Waals surface area contributed by atoms with Crippen molar-refractivity contribution >= 4 is 44.4 Å². The van der Waals surface area contributed by atoms with E-state index in [0.717, 1.165) is 4.31 Å². The average molecular weight is 421 g/mol. The molecule has 28 heavy (non-hydrogen) atoms. The number of hydrogen-bond acceptors (Lipinski definition) is 5. The van der Waals surface area contributed by atoms with Crippen LogP contribution in [0.5, 0.6) is 0 Å². The third-order valence-electron chi connectivity index (χ3n) is 4.27. The molecule has 0 amide bonds. The number of para-hydroxylation sites is 1. The maximum atomic E-state index is 12.8. The maximum Gasteiger partial charge on any atom is 0.340 e. The van der Waals surface area contributed by atoms with Gasteiger partial charge in [0, 0.05) is 23.7 Å². The van der Waals surface area contributed by atoms with Gasteiger partial charge in [-0.2, -0.15) is 4.31 Å². The van der Waals surface area contributed by atoms with Crippen LogP contribution in [0.25, 0.3) is 10.9 Å². The molecule has 0 aliphatic rings. The number of carbonyl (C=O) groups excluding carboxylic acids is 2. The van der Waals surface area contributed by atoms with Crippen molar-refractivity contribution in [2.45, 2.75) is 4.90 Å². The van der Waals surface area contributed by atoms with Crippen LogP contribution in [0.4, 0.5) is 0 Å². The van der Waals surface area contributed by atoms with E-state index >= 15 is 0 Å². The van der Waals surface area contributed by atoms with Gasteiger partial charge in [0.05, 0.1) is 29.6 Å². The molecule has 1 heterocycles. The van der Waals surface area contributed by atoms with E-state index in [0.29, 0.717) is 15.9 Å². The van der Waals surface area contributed by atoms with Gasteiger partial charge >= 0.3 is 5.97 Å². The van der Waals surface area contributed by atoms with Crippen LogP contribution in [0.2, 0.25) is 5.02 Å². The number of sulfonamides is 1. The van der Waals surface area contributed by atoms with E-state index in [1.807, 2.05) is 0 Å². The van der Waals surface area contributed by atoms with Crippen LogP contribution < -0.4 is 0 Å². The van der Waals surface area contributed by atoms with Crippen LogP contribution in [0.3, 0.4) is 0 Å². The zero-order valence-corrected chi connectivity index (χ0v) is 16.7. The van der Waals surface area contributed by atoms with Crippen molar-refractivity contribution in [3.8, 4) is 0 Å². The number of ether oxygens (including phenoxy) is 1. The second-order valence-corrected chi connectivity index (χ2v) is 8.51. The SMILES string of the molecule is COC(=O)c1cn(C(=O)CN(C)S(=O)(=O)c2ccc(Cl)cc2)c2ccccc12. The van der Waals surface area contributed by atoms with Gasteiger partial charge in [-0.15, -0.1) is 0 Å². The Hall–Kier alpha value is -2.68. The van der Waals surface area contributed by atoms with Crippen molar-refractivity contribution in [1.82, 2.24) is 8.87 Å². The Morgan fingerprint density at radius 2 is 1.75 bits per heavy atom. The van der Waals surface area contributed by atoms with Crippen molar-refractivity contribution in [3.63, 3.8) is 0 Å². The van der Waals surface area contributed by atoms with Crippen molar-refractivity contribution < 1.29 is 22.7 Å². The normalized spacial score (nSPS) is 11.7. The van der Waals surface area contributed by atoms with E-state index in [-0.39, 0.29) is 10.5 Å². The van der Waals surface area contributed by atoms with Crippen molar-refractivity contribution in [3.05, 3.63) is 65.3 Å². The van der Waals surface area contributed by atoms with Gasteiger partial charge in [-0.3, -0.25) is 9.36 Å². The average Bonchev–Trinajstić information content (AvgIpc) is 3.07. The Bertz CT molecular complexity index is 1150. The highest BCUT2D eigenvalue weighted by Gasteiger charge is 2.25. The summed E-state index contributed by atoms with van der Waals surface area (Å²) < 4.78 is 32.3. The number of esters is 1. The minimum atomic E-state index is -3.88. The lowest BCUT2D eigenvalue weighted by Crippen LogP contribution is -2.34. The van der Waals surface area contributed by atoms with Crippen molar-refractivity contribution in [2.75, 3.05) is 20.7 Å². The zero-order chi connectivity index (χ0) is 20.5. The van der Waals surface area contributed by atoms with Crippen molar-refractivity contribution in [1.29, 1.82) is 0 Å². The molecule has 0 saturated carbocycles. The second-order valence-electron chi connectivity index (χ2n) is 6.03. The van der Waals surface area contributed by atoms with Gasteiger partial charge in [-0.1, -0.05) is 29.8 Å². The molecular formula is C19H17ClN2O5S. The Kier molecular flexibility index (Phi) is 5.55. The molecule has 0 atom stereocenters. The predicted molar refractivity (Wildman–Crippen MR) is 105 cm³/mol. The molecule has 146 valence electrons. The van der Waals surface area contributed by atoms with Crippen LogP contribution in [0.1, 0.15) is 15.2 Å². The minimum absolute atomic E-state index is 0.0276. The lowest BCUT2D eigenvalue weighted by Gasteiger charge is -2.17. The van der Waals surface area contributed by atoms with Crippen LogP contribution in [0.15, 0.2) is 59.6 Å². The first-order valence-corrected chi connectivity index (χ1v) is 10.0. The summed E-state index contributed by atoms with van der Waals surface area (Å²) in [6, 6.07) is 12.5. The molecule has 0 N–H and O–H groups in total. The van der Waals surface area contributed by atoms with Crippen LogP contribution in [0, 0.1) is 0 Å². The van der Waals surface area contributed by atoms with Gasteiger partial charge in [-0.05, 0) is 30.3 Å². The van der Waals surface area contributed by atoms with Gasteiger partial charge in [0.15, 0.2) is 0 Å². The minimum Gasteiger partial charge on any atom is -0.465 e. The molecule has 0 radical (unpaired) electrons. The van der Waals surface area contributed by atoms with Gasteiger partial charge < -0.3 is 4.74 Å². The van der Waals surface area contributed by atoms with E-state index in [1.54, 1.807) is 24.3 Å². The van der Waals surface area contributed by atoms with Gasteiger partial charge in [-0.25, -0.2) is 13.2 Å². The third-order valence-corrected chi connectivity index (χ3v) is 6.34. The first-order chi connectivity index (χ1) is 13.3. The summed E-state index contributed by atoms with van der Waals surface area (Å²) in [5, 5.41) is 0.956. The summed E-state index contributed by atoms with van der Waals surface area (Å²) in [4.78, 5) is 24.8. The molecule has 0 aliphatic carbocycles. The van der Waals surface area contributed by atoms with Crippen LogP contribution in [-0.2, 0) is 14.8 Å². The highest BCUT2D eigenvalue weighted by molar-refractivity contribution is 7.89. The Morgan fingerprint density at radius 3 is 2.39 bits per heavy atom. The number of rotatable bonds is 5. The highest BCUT2D eigenvalue weighted by atomic mass is 35.5. The van der Waals surface area contributed by atoms with Crippen molar-refractivity contribution in [2.24, 2.45) is 0 Å². The topological polar surface area (TPSA) is 85.7 Å². The van der Waals surface area contributed by atoms with E-state index in [1.165, 1.54) is 49.2 Å². The maximum absolute atomic E-state index is 12.8. The number of halogens is 1. The molecule has 1 aromatic heterocycles. The summed E-state index contributed by atoms with van der Waals surface area (Å²) in [5.74, 6) is -1.09. The Balaban J connectivity index is 1.93. The smallest absolute Gasteiger partial charge is 0.340 e. The van der Waals surface area contributed by atoms with E-state index in [2.05, 4.69) is 0 Å². The van der Waals surface area contributed by atoms with Gasteiger partial charge in [0.25, 0.3) is 0 Å². The molecule has 0 bridgehead atoms. The fourth-order valence-electron chi connectivity index (χ4n) is 2.80. The molecule has 0 spiro atoms. The van der Waals surface area contributed by atoms with E-state index in [9.17, 15) is 18.0 Å². The molecule has 0 fully saturated rings. The zero-order valence-electron chi connectivity index (χ0n) is 15.1. The fraction of sp³-hybridized carbons (Fsp3) is 0.158. The number of methoxy groups -OCH3 is 1. The lowest BCUT2D eigenvalue weighted by atomic mass is 10.2. The summed E-state index contributed by atoms with van der Waals surface area (Å²) in [7, 11) is -1.31. The molecule has 9 heteroatoms. The summed E-state index contributed by atoms with van der Waals surface area (Å²) in [6.45, 7) is -0.412. The summed E-state index contributed by atoms with van der Waals surface area (Å²) >= 11 is 5.80. The summed E-state index contributed by atoms with van der Waals surface area (Å²) in [6.07, 6.45) is 1.36.